The second kappa shape index (κ2) is 15.3. The van der Waals surface area contributed by atoms with Crippen molar-refractivity contribution >= 4 is 17.7 Å². The molecule has 11 heteroatoms. The first-order valence-corrected chi connectivity index (χ1v) is 15.4. The lowest BCUT2D eigenvalue weighted by Gasteiger charge is -2.28. The fourth-order valence-electron chi connectivity index (χ4n) is 4.79. The number of rotatable bonds is 13. The molecule has 0 aliphatic heterocycles. The second-order valence-electron chi connectivity index (χ2n) is 10.2. The summed E-state index contributed by atoms with van der Waals surface area (Å²) in [6, 6.07) is -5.22. The van der Waals surface area contributed by atoms with Crippen LogP contribution >= 0.6 is 11.8 Å². The van der Waals surface area contributed by atoms with Gasteiger partial charge in [0.2, 0.25) is 5.91 Å². The molecule has 248 valence electrons. The Balaban J connectivity index is 1.68. The first kappa shape index (κ1) is 20.4. The highest BCUT2D eigenvalue weighted by atomic mass is 32.2. The molecule has 3 aromatic carbocycles. The maximum Gasteiger partial charge on any atom is 0.416 e. The molecule has 1 aliphatic carbocycles. The van der Waals surface area contributed by atoms with E-state index < -0.39 is 133 Å². The number of halogens is 4. The van der Waals surface area contributed by atoms with Crippen LogP contribution in [0.2, 0.25) is 0 Å². The molecule has 1 aliphatic rings. The second-order valence-corrected chi connectivity index (χ2v) is 11.2. The third kappa shape index (κ3) is 8.70. The van der Waals surface area contributed by atoms with Crippen LogP contribution in [0.25, 0.3) is 11.1 Å². The van der Waals surface area contributed by atoms with Crippen LogP contribution in [0.5, 0.6) is 0 Å². The lowest BCUT2D eigenvalue weighted by molar-refractivity contribution is -0.137. The predicted molar refractivity (Wildman–Crippen MR) is 177 cm³/mol. The molecule has 0 saturated heterocycles. The minimum absolute atomic E-state index is 0.0188. The largest absolute Gasteiger partial charge is 0.416 e. The highest BCUT2D eigenvalue weighted by Gasteiger charge is 2.30. The zero-order valence-corrected chi connectivity index (χ0v) is 26.1. The van der Waals surface area contributed by atoms with E-state index in [1.807, 2.05) is 0 Å². The Morgan fingerprint density at radius 2 is 1.60 bits per heavy atom. The van der Waals surface area contributed by atoms with Crippen molar-refractivity contribution in [2.75, 3.05) is 26.1 Å². The van der Waals surface area contributed by atoms with Gasteiger partial charge in [0, 0.05) is 42.1 Å². The first-order valence-electron chi connectivity index (χ1n) is 21.4. The number of carbonyl (C=O) groups is 1. The van der Waals surface area contributed by atoms with Crippen molar-refractivity contribution in [1.82, 2.24) is 19.4 Å². The highest BCUT2D eigenvalue weighted by Crippen LogP contribution is 2.31. The smallest absolute Gasteiger partial charge is 0.336 e. The van der Waals surface area contributed by atoms with Crippen LogP contribution in [0.3, 0.4) is 0 Å². The van der Waals surface area contributed by atoms with Crippen LogP contribution in [0.1, 0.15) is 67.4 Å². The summed E-state index contributed by atoms with van der Waals surface area (Å²) in [4.78, 5) is 33.0. The molecule has 1 heterocycles. The Morgan fingerprint density at radius 3 is 2.21 bits per heavy atom. The fourth-order valence-corrected chi connectivity index (χ4v) is 5.76. The van der Waals surface area contributed by atoms with Gasteiger partial charge in [-0.3, -0.25) is 9.59 Å². The van der Waals surface area contributed by atoms with Crippen LogP contribution in [-0.4, -0.2) is 51.3 Å². The minimum atomic E-state index is -5.35. The van der Waals surface area contributed by atoms with Gasteiger partial charge in [-0.1, -0.05) is 74.0 Å². The van der Waals surface area contributed by atoms with Gasteiger partial charge in [-0.2, -0.15) is 18.2 Å². The van der Waals surface area contributed by atoms with Gasteiger partial charge in [0.15, 0.2) is 5.16 Å². The van der Waals surface area contributed by atoms with Gasteiger partial charge >= 0.3 is 6.18 Å². The van der Waals surface area contributed by atoms with Crippen molar-refractivity contribution in [1.29, 1.82) is 0 Å². The molecule has 6 nitrogen and oxygen atoms in total. The molecule has 0 fully saturated rings. The maximum atomic E-state index is 14.7. The third-order valence-corrected chi connectivity index (χ3v) is 8.24. The lowest BCUT2D eigenvalue weighted by atomic mass is 10.0. The molecule has 0 N–H and O–H groups in total. The van der Waals surface area contributed by atoms with Crippen molar-refractivity contribution in [2.45, 2.75) is 63.2 Å². The average Bonchev–Trinajstić information content (AvgIpc) is 3.63. The molecule has 0 radical (unpaired) electrons. The number of amides is 1. The van der Waals surface area contributed by atoms with E-state index in [-0.39, 0.29) is 10.9 Å². The SMILES string of the molecule is [2H]c1c([2H])c(C(F)(F)F)c([2H])c([2H])c1-c1c([2H])c([2H])c(C([2H])([2H])N(CCN(C([2H])([2H])C)C([2H])([2H])C)C(=O)Cn2c(SCc3ccc(F)cc3)nc(=O)c3c2CCC3)c([2H])c1[2H]. The van der Waals surface area contributed by atoms with Gasteiger partial charge in [0.1, 0.15) is 12.4 Å². The summed E-state index contributed by atoms with van der Waals surface area (Å²) in [6.07, 6.45) is -4.23. The van der Waals surface area contributed by atoms with E-state index in [4.69, 9.17) is 16.4 Å². The Bertz CT molecular complexity index is 2370. The molecule has 1 aromatic heterocycles. The van der Waals surface area contributed by atoms with Crippen LogP contribution in [0, 0.1) is 5.82 Å². The topological polar surface area (TPSA) is 58.4 Å². The van der Waals surface area contributed by atoms with Crippen molar-refractivity contribution in [3.63, 3.8) is 0 Å². The summed E-state index contributed by atoms with van der Waals surface area (Å²) in [7, 11) is 0. The van der Waals surface area contributed by atoms with Crippen molar-refractivity contribution < 1.29 is 41.5 Å². The maximum absolute atomic E-state index is 14.7. The minimum Gasteiger partial charge on any atom is -0.336 e. The number of carbonyl (C=O) groups excluding carboxylic acids is 1. The molecule has 0 spiro atoms. The van der Waals surface area contributed by atoms with E-state index in [9.17, 15) is 29.9 Å². The van der Waals surface area contributed by atoms with Gasteiger partial charge in [-0.15, -0.1) is 0 Å². The number of hydrogen-bond donors (Lipinski definition) is 0. The Morgan fingerprint density at radius 1 is 0.957 bits per heavy atom. The summed E-state index contributed by atoms with van der Waals surface area (Å²) < 4.78 is 176. The van der Waals surface area contributed by atoms with Crippen LogP contribution < -0.4 is 5.56 Å². The number of alkyl halides is 3. The number of fused-ring (bicyclic) bond motifs is 1. The summed E-state index contributed by atoms with van der Waals surface area (Å²) in [5.74, 6) is -1.48. The van der Waals surface area contributed by atoms with Crippen molar-refractivity contribution in [3.8, 4) is 11.1 Å². The van der Waals surface area contributed by atoms with Crippen molar-refractivity contribution in [2.24, 2.45) is 0 Å². The van der Waals surface area contributed by atoms with Crippen LogP contribution in [0.4, 0.5) is 17.6 Å². The summed E-state index contributed by atoms with van der Waals surface area (Å²) in [5.41, 5.74) is -4.31. The number of likely N-dealkylation sites (N-methyl/N-ethyl adjacent to an activating group) is 1. The number of aromatic nitrogens is 2. The molecule has 0 atom stereocenters. The number of benzene rings is 3. The van der Waals surface area contributed by atoms with E-state index in [2.05, 4.69) is 4.98 Å². The molecular formula is C36H38F4N4O2S. The van der Waals surface area contributed by atoms with Gasteiger partial charge in [-0.25, -0.2) is 4.39 Å². The highest BCUT2D eigenvalue weighted by molar-refractivity contribution is 7.98. The lowest BCUT2D eigenvalue weighted by Crippen LogP contribution is -2.40. The third-order valence-electron chi connectivity index (χ3n) is 7.19. The molecule has 0 bridgehead atoms. The normalized spacial score (nSPS) is 18.0. The molecule has 1 amide bonds. The fraction of sp³-hybridized carbons (Fsp3) is 0.361. The van der Waals surface area contributed by atoms with E-state index >= 15 is 0 Å². The van der Waals surface area contributed by atoms with Crippen molar-refractivity contribution in [3.05, 3.63) is 117 Å². The van der Waals surface area contributed by atoms with Gasteiger partial charge < -0.3 is 14.4 Å². The summed E-state index contributed by atoms with van der Waals surface area (Å²) >= 11 is 1.01. The molecule has 0 unspecified atom stereocenters. The molecule has 0 saturated carbocycles. The average molecular weight is 681 g/mol. The Hall–Kier alpha value is -3.96. The van der Waals surface area contributed by atoms with Gasteiger partial charge in [0.05, 0.1) is 19.3 Å². The zero-order valence-electron chi connectivity index (χ0n) is 39.3. The predicted octanol–water partition coefficient (Wildman–Crippen LogP) is 7.22. The van der Waals surface area contributed by atoms with E-state index in [1.165, 1.54) is 28.8 Å². The summed E-state index contributed by atoms with van der Waals surface area (Å²) in [5, 5.41) is 0.0188. The number of thioether (sulfide) groups is 1. The van der Waals surface area contributed by atoms with Crippen LogP contribution in [0.15, 0.2) is 82.6 Å². The van der Waals surface area contributed by atoms with E-state index in [0.717, 1.165) is 25.6 Å². The van der Waals surface area contributed by atoms with E-state index in [0.29, 0.717) is 45.9 Å². The number of hydrogen-bond acceptors (Lipinski definition) is 5. The zero-order chi connectivity index (χ0) is 45.9. The molecular weight excluding hydrogens is 628 g/mol. The van der Waals surface area contributed by atoms with Gasteiger partial charge in [0.25, 0.3) is 5.56 Å². The molecule has 5 rings (SSSR count). The van der Waals surface area contributed by atoms with Crippen LogP contribution in [-0.2, 0) is 42.6 Å². The Kier molecular flexibility index (Phi) is 6.64. The first-order chi connectivity index (χ1) is 28.0. The quantitative estimate of drug-likeness (QED) is 0.0849. The molecule has 4 aromatic rings. The van der Waals surface area contributed by atoms with E-state index in [1.54, 1.807) is 0 Å². The standard InChI is InChI=1S/C36H38F4N4O2S/c1-3-42(4-2)20-21-43(22-25-8-12-27(13-9-25)28-14-16-29(17-15-28)36(38,39)40)33(45)23-44-32-7-5-6-31(32)34(46)41-35(44)47-24-26-10-18-30(37)19-11-26/h8-19H,3-7,20-24H2,1-2H3/i3D2,4D2,8D,9D,12D,13D,14D,15D,16D,17D,22D2. The number of nitrogens with zero attached hydrogens (tertiary/aromatic N) is 4. The monoisotopic (exact) mass is 680 g/mol. The van der Waals surface area contributed by atoms with Gasteiger partial charge in [-0.05, 0) is 78.7 Å². The molecule has 47 heavy (non-hydrogen) atoms. The Labute approximate surface area is 296 Å². The summed E-state index contributed by atoms with van der Waals surface area (Å²) in [6.45, 7) is -8.47.